The van der Waals surface area contributed by atoms with Crippen LogP contribution in [0.3, 0.4) is 0 Å². The standard InChI is InChI=1S/C22H23N5OS/c1-16-9-7-12-20(15-16)27-18(3)24-25-22(27)29-17(2)21(28)26(14-8-13-23)19-10-5-4-6-11-19/h4-7,9-12,15,17H,8,14H2,1-3H3. The zero-order valence-electron chi connectivity index (χ0n) is 16.7. The number of benzene rings is 2. The van der Waals surface area contributed by atoms with Crippen molar-refractivity contribution in [1.29, 1.82) is 5.26 Å². The van der Waals surface area contributed by atoms with Gasteiger partial charge in [0.05, 0.1) is 17.7 Å². The molecule has 0 aliphatic heterocycles. The number of carbonyl (C=O) groups is 1. The van der Waals surface area contributed by atoms with E-state index < -0.39 is 0 Å². The Hall–Kier alpha value is -3.11. The molecule has 0 aliphatic rings. The van der Waals surface area contributed by atoms with Gasteiger partial charge in [-0.2, -0.15) is 5.26 Å². The van der Waals surface area contributed by atoms with Crippen LogP contribution < -0.4 is 4.90 Å². The number of nitrogens with zero attached hydrogens (tertiary/aromatic N) is 5. The van der Waals surface area contributed by atoms with Gasteiger partial charge < -0.3 is 4.90 Å². The third-order valence-electron chi connectivity index (χ3n) is 4.47. The molecule has 3 aromatic rings. The summed E-state index contributed by atoms with van der Waals surface area (Å²) in [6.45, 7) is 6.15. The predicted octanol–water partition coefficient (Wildman–Crippen LogP) is 4.31. The zero-order chi connectivity index (χ0) is 20.8. The number of amides is 1. The second kappa shape index (κ2) is 9.39. The lowest BCUT2D eigenvalue weighted by Gasteiger charge is -2.24. The Bertz CT molecular complexity index is 1030. The topological polar surface area (TPSA) is 74.8 Å². The molecule has 3 rings (SSSR count). The van der Waals surface area contributed by atoms with Crippen molar-refractivity contribution in [2.24, 2.45) is 0 Å². The molecule has 6 nitrogen and oxygen atoms in total. The summed E-state index contributed by atoms with van der Waals surface area (Å²) in [4.78, 5) is 14.9. The van der Waals surface area contributed by atoms with Gasteiger partial charge in [-0.1, -0.05) is 42.1 Å². The fourth-order valence-electron chi connectivity index (χ4n) is 3.05. The molecule has 7 heteroatoms. The van der Waals surface area contributed by atoms with Gasteiger partial charge in [-0.05, 0) is 50.6 Å². The Morgan fingerprint density at radius 1 is 1.17 bits per heavy atom. The average Bonchev–Trinajstić information content (AvgIpc) is 3.08. The predicted molar refractivity (Wildman–Crippen MR) is 115 cm³/mol. The van der Waals surface area contributed by atoms with E-state index in [1.165, 1.54) is 11.8 Å². The number of hydrogen-bond donors (Lipinski definition) is 0. The van der Waals surface area contributed by atoms with Gasteiger partial charge in [0, 0.05) is 17.9 Å². The van der Waals surface area contributed by atoms with Crippen LogP contribution in [0.25, 0.3) is 5.69 Å². The van der Waals surface area contributed by atoms with Crippen LogP contribution in [-0.4, -0.2) is 32.5 Å². The number of carbonyl (C=O) groups excluding carboxylic acids is 1. The molecule has 1 amide bonds. The van der Waals surface area contributed by atoms with Crippen molar-refractivity contribution in [3.05, 3.63) is 66.0 Å². The highest BCUT2D eigenvalue weighted by Gasteiger charge is 2.25. The Balaban J connectivity index is 1.85. The van der Waals surface area contributed by atoms with Crippen LogP contribution in [0.2, 0.25) is 0 Å². The summed E-state index contributed by atoms with van der Waals surface area (Å²) in [6.07, 6.45) is 0.274. The van der Waals surface area contributed by atoms with E-state index in [4.69, 9.17) is 5.26 Å². The lowest BCUT2D eigenvalue weighted by atomic mass is 10.2. The number of thioether (sulfide) groups is 1. The van der Waals surface area contributed by atoms with Gasteiger partial charge in [0.25, 0.3) is 0 Å². The van der Waals surface area contributed by atoms with Crippen molar-refractivity contribution >= 4 is 23.4 Å². The van der Waals surface area contributed by atoms with E-state index in [1.807, 2.05) is 73.9 Å². The van der Waals surface area contributed by atoms with Crippen LogP contribution in [0.1, 0.15) is 24.7 Å². The molecule has 0 aliphatic carbocycles. The molecule has 0 saturated heterocycles. The fourth-order valence-corrected chi connectivity index (χ4v) is 4.02. The zero-order valence-corrected chi connectivity index (χ0v) is 17.6. The molecule has 1 unspecified atom stereocenters. The smallest absolute Gasteiger partial charge is 0.240 e. The van der Waals surface area contributed by atoms with E-state index in [0.29, 0.717) is 11.7 Å². The summed E-state index contributed by atoms with van der Waals surface area (Å²) in [5.41, 5.74) is 2.90. The molecular weight excluding hydrogens is 382 g/mol. The van der Waals surface area contributed by atoms with E-state index in [-0.39, 0.29) is 17.6 Å². The number of anilines is 1. The van der Waals surface area contributed by atoms with E-state index in [2.05, 4.69) is 22.3 Å². The molecule has 1 aromatic heterocycles. The van der Waals surface area contributed by atoms with E-state index in [1.54, 1.807) is 4.90 Å². The first-order chi connectivity index (χ1) is 14.0. The monoisotopic (exact) mass is 405 g/mol. The van der Waals surface area contributed by atoms with Crippen molar-refractivity contribution in [3.8, 4) is 11.8 Å². The number of aromatic nitrogens is 3. The quantitative estimate of drug-likeness (QED) is 0.548. The summed E-state index contributed by atoms with van der Waals surface area (Å²) in [6, 6.07) is 19.7. The van der Waals surface area contributed by atoms with Crippen molar-refractivity contribution in [2.75, 3.05) is 11.4 Å². The number of para-hydroxylation sites is 1. The summed E-state index contributed by atoms with van der Waals surface area (Å²) >= 11 is 1.37. The van der Waals surface area contributed by atoms with Crippen LogP contribution in [0.15, 0.2) is 59.8 Å². The first-order valence-electron chi connectivity index (χ1n) is 9.40. The molecular formula is C22H23N5OS. The number of aryl methyl sites for hydroxylation is 2. The van der Waals surface area contributed by atoms with Crippen molar-refractivity contribution in [1.82, 2.24) is 14.8 Å². The van der Waals surface area contributed by atoms with Crippen molar-refractivity contribution in [2.45, 2.75) is 37.6 Å². The molecule has 1 heterocycles. The lowest BCUT2D eigenvalue weighted by molar-refractivity contribution is -0.117. The van der Waals surface area contributed by atoms with Crippen molar-refractivity contribution in [3.63, 3.8) is 0 Å². The Kier molecular flexibility index (Phi) is 6.68. The Morgan fingerprint density at radius 2 is 1.93 bits per heavy atom. The van der Waals surface area contributed by atoms with Gasteiger partial charge in [-0.25, -0.2) is 0 Å². The maximum Gasteiger partial charge on any atom is 0.240 e. The minimum Gasteiger partial charge on any atom is -0.310 e. The van der Waals surface area contributed by atoms with E-state index in [9.17, 15) is 4.79 Å². The highest BCUT2D eigenvalue weighted by atomic mass is 32.2. The normalized spacial score (nSPS) is 11.7. The van der Waals surface area contributed by atoms with Gasteiger partial charge in [-0.15, -0.1) is 10.2 Å². The molecule has 0 radical (unpaired) electrons. The van der Waals surface area contributed by atoms with E-state index in [0.717, 1.165) is 22.8 Å². The van der Waals surface area contributed by atoms with Crippen LogP contribution in [-0.2, 0) is 4.79 Å². The third kappa shape index (κ3) is 4.84. The van der Waals surface area contributed by atoms with Crippen LogP contribution in [0.5, 0.6) is 0 Å². The summed E-state index contributed by atoms with van der Waals surface area (Å²) in [5, 5.41) is 17.8. The van der Waals surface area contributed by atoms with Gasteiger partial charge in [0.15, 0.2) is 5.16 Å². The van der Waals surface area contributed by atoms with Gasteiger partial charge in [-0.3, -0.25) is 9.36 Å². The molecule has 0 N–H and O–H groups in total. The molecule has 1 atom stereocenters. The van der Waals surface area contributed by atoms with Crippen LogP contribution in [0, 0.1) is 25.2 Å². The molecule has 148 valence electrons. The van der Waals surface area contributed by atoms with Crippen LogP contribution in [0.4, 0.5) is 5.69 Å². The van der Waals surface area contributed by atoms with Gasteiger partial charge in [0.1, 0.15) is 5.82 Å². The number of rotatable bonds is 7. The largest absolute Gasteiger partial charge is 0.310 e. The van der Waals surface area contributed by atoms with Gasteiger partial charge >= 0.3 is 0 Å². The Labute approximate surface area is 175 Å². The highest BCUT2D eigenvalue weighted by Crippen LogP contribution is 2.28. The second-order valence-corrected chi connectivity index (χ2v) is 8.01. The number of hydrogen-bond acceptors (Lipinski definition) is 5. The molecule has 2 aromatic carbocycles. The van der Waals surface area contributed by atoms with Crippen LogP contribution >= 0.6 is 11.8 Å². The molecule has 0 saturated carbocycles. The minimum absolute atomic E-state index is 0.0621. The first kappa shape index (κ1) is 20.6. The maximum absolute atomic E-state index is 13.2. The third-order valence-corrected chi connectivity index (χ3v) is 5.50. The molecule has 0 bridgehead atoms. The Morgan fingerprint density at radius 3 is 2.62 bits per heavy atom. The summed E-state index contributed by atoms with van der Waals surface area (Å²) < 4.78 is 1.96. The first-order valence-corrected chi connectivity index (χ1v) is 10.3. The lowest BCUT2D eigenvalue weighted by Crippen LogP contribution is -2.37. The summed E-state index contributed by atoms with van der Waals surface area (Å²) in [5.74, 6) is 0.704. The van der Waals surface area contributed by atoms with Crippen molar-refractivity contribution < 1.29 is 4.79 Å². The SMILES string of the molecule is Cc1cccc(-n2c(C)nnc2SC(C)C(=O)N(CCC#N)c2ccccc2)c1. The highest BCUT2D eigenvalue weighted by molar-refractivity contribution is 8.00. The van der Waals surface area contributed by atoms with E-state index >= 15 is 0 Å². The second-order valence-electron chi connectivity index (χ2n) is 6.70. The molecule has 29 heavy (non-hydrogen) atoms. The maximum atomic E-state index is 13.2. The summed E-state index contributed by atoms with van der Waals surface area (Å²) in [7, 11) is 0. The number of nitriles is 1. The van der Waals surface area contributed by atoms with Gasteiger partial charge in [0.2, 0.25) is 5.91 Å². The molecule has 0 spiro atoms. The molecule has 0 fully saturated rings. The fraction of sp³-hybridized carbons (Fsp3) is 0.273. The minimum atomic E-state index is -0.388. The average molecular weight is 406 g/mol.